The molecular weight excluding hydrogens is 168 g/mol. The molecule has 0 fully saturated rings. The summed E-state index contributed by atoms with van der Waals surface area (Å²) < 4.78 is 0. The van der Waals surface area contributed by atoms with E-state index >= 15 is 0 Å². The smallest absolute Gasteiger partial charge is 0.0398 e. The molecular formula is C11H21Cl. The maximum atomic E-state index is 2.08. The van der Waals surface area contributed by atoms with Gasteiger partial charge in [0.2, 0.25) is 0 Å². The summed E-state index contributed by atoms with van der Waals surface area (Å²) in [5.41, 5.74) is 1.32. The van der Waals surface area contributed by atoms with Crippen LogP contribution in [0, 0.1) is 6.92 Å². The number of hydrogen-bond acceptors (Lipinski definition) is 0. The van der Waals surface area contributed by atoms with Crippen molar-refractivity contribution in [1.29, 1.82) is 0 Å². The summed E-state index contributed by atoms with van der Waals surface area (Å²) in [4.78, 5) is 0. The van der Waals surface area contributed by atoms with Crippen LogP contribution in [-0.4, -0.2) is 0 Å². The second-order valence-electron chi connectivity index (χ2n) is 1.65. The molecule has 0 spiro atoms. The maximum Gasteiger partial charge on any atom is -0.0398 e. The van der Waals surface area contributed by atoms with E-state index in [1.165, 1.54) is 5.56 Å². The minimum Gasteiger partial charge on any atom is -0.147 e. The van der Waals surface area contributed by atoms with Gasteiger partial charge < -0.3 is 0 Å². The molecule has 0 unspecified atom stereocenters. The molecule has 0 bridgehead atoms. The van der Waals surface area contributed by atoms with Crippen molar-refractivity contribution in [3.8, 4) is 0 Å². The van der Waals surface area contributed by atoms with Crippen LogP contribution >= 0.6 is 12.4 Å². The van der Waals surface area contributed by atoms with E-state index in [0.29, 0.717) is 0 Å². The zero-order chi connectivity index (χ0) is 9.11. The summed E-state index contributed by atoms with van der Waals surface area (Å²) in [5, 5.41) is 0. The summed E-state index contributed by atoms with van der Waals surface area (Å²) in [6, 6.07) is 10.3. The fourth-order valence-corrected chi connectivity index (χ4v) is 0.534. The Bertz CT molecular complexity index is 135. The predicted octanol–water partition coefficient (Wildman–Crippen LogP) is 4.47. The molecule has 1 aromatic carbocycles. The van der Waals surface area contributed by atoms with E-state index in [9.17, 15) is 0 Å². The molecule has 0 saturated carbocycles. The highest BCUT2D eigenvalue weighted by Gasteiger charge is 1.72. The zero-order valence-electron chi connectivity index (χ0n) is 8.79. The Kier molecular flexibility index (Phi) is 24.7. The summed E-state index contributed by atoms with van der Waals surface area (Å²) in [6.45, 7) is 10.1. The Morgan fingerprint density at radius 2 is 1.08 bits per heavy atom. The molecule has 0 aliphatic rings. The molecule has 1 heteroatoms. The van der Waals surface area contributed by atoms with E-state index in [-0.39, 0.29) is 12.4 Å². The number of benzene rings is 1. The van der Waals surface area contributed by atoms with Crippen molar-refractivity contribution in [2.45, 2.75) is 34.6 Å². The molecule has 0 N–H and O–H groups in total. The topological polar surface area (TPSA) is 0 Å². The Morgan fingerprint density at radius 1 is 0.750 bits per heavy atom. The maximum absolute atomic E-state index is 2.08. The third kappa shape index (κ3) is 12.2. The van der Waals surface area contributed by atoms with Gasteiger partial charge in [-0.1, -0.05) is 63.6 Å². The second-order valence-corrected chi connectivity index (χ2v) is 1.65. The van der Waals surface area contributed by atoms with Crippen molar-refractivity contribution < 1.29 is 0 Å². The average Bonchev–Trinajstić information content (AvgIpc) is 2.13. The van der Waals surface area contributed by atoms with E-state index in [1.807, 2.05) is 45.9 Å². The summed E-state index contributed by atoms with van der Waals surface area (Å²) in [5.74, 6) is 0. The van der Waals surface area contributed by atoms with Gasteiger partial charge in [0.05, 0.1) is 0 Å². The second kappa shape index (κ2) is 16.9. The van der Waals surface area contributed by atoms with Crippen LogP contribution in [-0.2, 0) is 0 Å². The minimum absolute atomic E-state index is 0. The van der Waals surface area contributed by atoms with Crippen molar-refractivity contribution in [2.24, 2.45) is 0 Å². The highest BCUT2D eigenvalue weighted by atomic mass is 35.5. The first-order chi connectivity index (χ1) is 5.39. The van der Waals surface area contributed by atoms with Gasteiger partial charge in [-0.05, 0) is 6.92 Å². The van der Waals surface area contributed by atoms with Gasteiger partial charge in [0, 0.05) is 0 Å². The summed E-state index contributed by atoms with van der Waals surface area (Å²) >= 11 is 0. The Balaban J connectivity index is -0.000000144. The highest BCUT2D eigenvalue weighted by Crippen LogP contribution is 1.92. The van der Waals surface area contributed by atoms with Crippen molar-refractivity contribution in [2.75, 3.05) is 0 Å². The standard InChI is InChI=1S/C7H8.2C2H6.ClH/c1-7-5-3-2-4-6-7;2*1-2;/h2-6H,1H3;2*1-2H3;1H. The molecule has 1 aromatic rings. The number of hydrogen-bond donors (Lipinski definition) is 0. The third-order valence-electron chi connectivity index (χ3n) is 0.940. The fraction of sp³-hybridized carbons (Fsp3) is 0.455. The van der Waals surface area contributed by atoms with Crippen LogP contribution in [0.15, 0.2) is 30.3 Å². The van der Waals surface area contributed by atoms with Gasteiger partial charge >= 0.3 is 0 Å². The lowest BCUT2D eigenvalue weighted by molar-refractivity contribution is 1.48. The van der Waals surface area contributed by atoms with Crippen molar-refractivity contribution in [1.82, 2.24) is 0 Å². The number of rotatable bonds is 0. The lowest BCUT2D eigenvalue weighted by Gasteiger charge is -1.82. The molecule has 0 heterocycles. The van der Waals surface area contributed by atoms with Crippen molar-refractivity contribution in [3.63, 3.8) is 0 Å². The van der Waals surface area contributed by atoms with E-state index in [2.05, 4.69) is 19.1 Å². The van der Waals surface area contributed by atoms with E-state index in [0.717, 1.165) is 0 Å². The molecule has 0 aromatic heterocycles. The predicted molar refractivity (Wildman–Crippen MR) is 61.1 cm³/mol. The van der Waals surface area contributed by atoms with Gasteiger partial charge in [0.25, 0.3) is 0 Å². The lowest BCUT2D eigenvalue weighted by Crippen LogP contribution is -1.62. The molecule has 0 aliphatic heterocycles. The first-order valence-electron chi connectivity index (χ1n) is 4.41. The van der Waals surface area contributed by atoms with Gasteiger partial charge in [-0.2, -0.15) is 0 Å². The van der Waals surface area contributed by atoms with Crippen molar-refractivity contribution >= 4 is 12.4 Å². The molecule has 0 radical (unpaired) electrons. The molecule has 72 valence electrons. The van der Waals surface area contributed by atoms with Gasteiger partial charge in [0.15, 0.2) is 0 Å². The van der Waals surface area contributed by atoms with Crippen LogP contribution in [0.25, 0.3) is 0 Å². The molecule has 12 heavy (non-hydrogen) atoms. The first kappa shape index (κ1) is 17.6. The van der Waals surface area contributed by atoms with Crippen LogP contribution < -0.4 is 0 Å². The van der Waals surface area contributed by atoms with E-state index in [4.69, 9.17) is 0 Å². The monoisotopic (exact) mass is 188 g/mol. The third-order valence-corrected chi connectivity index (χ3v) is 0.940. The fourth-order valence-electron chi connectivity index (χ4n) is 0.534. The van der Waals surface area contributed by atoms with Crippen LogP contribution in [0.5, 0.6) is 0 Å². The Morgan fingerprint density at radius 3 is 1.25 bits per heavy atom. The first-order valence-corrected chi connectivity index (χ1v) is 4.41. The largest absolute Gasteiger partial charge is 0.147 e. The van der Waals surface area contributed by atoms with Gasteiger partial charge in [-0.3, -0.25) is 0 Å². The Hall–Kier alpha value is -0.490. The van der Waals surface area contributed by atoms with Gasteiger partial charge in [-0.25, -0.2) is 0 Å². The summed E-state index contributed by atoms with van der Waals surface area (Å²) in [7, 11) is 0. The Labute approximate surface area is 83.4 Å². The molecule has 0 atom stereocenters. The normalized spacial score (nSPS) is 6.08. The number of halogens is 1. The molecule has 0 saturated heterocycles. The molecule has 0 aliphatic carbocycles. The van der Waals surface area contributed by atoms with Crippen molar-refractivity contribution in [3.05, 3.63) is 35.9 Å². The quantitative estimate of drug-likeness (QED) is 0.564. The van der Waals surface area contributed by atoms with Gasteiger partial charge in [-0.15, -0.1) is 12.4 Å². The molecule has 0 amide bonds. The van der Waals surface area contributed by atoms with E-state index < -0.39 is 0 Å². The van der Waals surface area contributed by atoms with Crippen LogP contribution in [0.2, 0.25) is 0 Å². The zero-order valence-corrected chi connectivity index (χ0v) is 9.61. The van der Waals surface area contributed by atoms with E-state index in [1.54, 1.807) is 0 Å². The molecule has 1 rings (SSSR count). The van der Waals surface area contributed by atoms with Crippen LogP contribution in [0.3, 0.4) is 0 Å². The SMILES string of the molecule is CC.CC.Cc1ccccc1.Cl. The highest BCUT2D eigenvalue weighted by molar-refractivity contribution is 5.85. The van der Waals surface area contributed by atoms with Crippen LogP contribution in [0.1, 0.15) is 33.3 Å². The lowest BCUT2D eigenvalue weighted by atomic mass is 10.2. The number of aryl methyl sites for hydroxylation is 1. The van der Waals surface area contributed by atoms with Gasteiger partial charge in [0.1, 0.15) is 0 Å². The average molecular weight is 189 g/mol. The summed E-state index contributed by atoms with van der Waals surface area (Å²) in [6.07, 6.45) is 0. The minimum atomic E-state index is 0. The molecule has 0 nitrogen and oxygen atoms in total. The van der Waals surface area contributed by atoms with Crippen LogP contribution in [0.4, 0.5) is 0 Å².